The second-order valence-corrected chi connectivity index (χ2v) is 5.55. The van der Waals surface area contributed by atoms with Crippen molar-refractivity contribution < 1.29 is 0 Å². The van der Waals surface area contributed by atoms with Gasteiger partial charge in [0.05, 0.1) is 0 Å². The van der Waals surface area contributed by atoms with Crippen LogP contribution < -0.4 is 5.73 Å². The van der Waals surface area contributed by atoms with Crippen molar-refractivity contribution in [3.05, 3.63) is 34.9 Å². The maximum atomic E-state index is 7.44. The molecule has 0 amide bonds. The standard InChI is InChI=1S/C15H23N3/c1-11-8-13(15(16)17)6-7-14(11)10-18(2)9-12-4-3-5-12/h6-8,12H,3-5,9-10H2,1-2H3,(H3,16,17). The molecule has 1 saturated carbocycles. The van der Waals surface area contributed by atoms with E-state index in [4.69, 9.17) is 11.1 Å². The molecule has 0 atom stereocenters. The van der Waals surface area contributed by atoms with E-state index >= 15 is 0 Å². The van der Waals surface area contributed by atoms with Crippen molar-refractivity contribution in [2.45, 2.75) is 32.7 Å². The summed E-state index contributed by atoms with van der Waals surface area (Å²) in [5, 5.41) is 7.44. The lowest BCUT2D eigenvalue weighted by atomic mass is 9.85. The fourth-order valence-electron chi connectivity index (χ4n) is 2.51. The van der Waals surface area contributed by atoms with E-state index in [1.165, 1.54) is 36.9 Å². The zero-order valence-corrected chi connectivity index (χ0v) is 11.4. The number of hydrogen-bond donors (Lipinski definition) is 2. The maximum Gasteiger partial charge on any atom is 0.122 e. The third-order valence-corrected chi connectivity index (χ3v) is 3.89. The molecule has 2 rings (SSSR count). The first-order valence-corrected chi connectivity index (χ1v) is 6.68. The molecule has 1 aromatic rings. The minimum atomic E-state index is 0.146. The maximum absolute atomic E-state index is 7.44. The van der Waals surface area contributed by atoms with E-state index in [-0.39, 0.29) is 5.84 Å². The van der Waals surface area contributed by atoms with Gasteiger partial charge in [-0.3, -0.25) is 5.41 Å². The summed E-state index contributed by atoms with van der Waals surface area (Å²) in [7, 11) is 2.19. The monoisotopic (exact) mass is 245 g/mol. The Morgan fingerprint density at radius 3 is 2.67 bits per heavy atom. The number of amidine groups is 1. The van der Waals surface area contributed by atoms with Gasteiger partial charge in [-0.05, 0) is 49.9 Å². The number of hydrogen-bond acceptors (Lipinski definition) is 2. The lowest BCUT2D eigenvalue weighted by molar-refractivity contribution is 0.200. The number of benzene rings is 1. The van der Waals surface area contributed by atoms with Gasteiger partial charge in [0, 0.05) is 18.7 Å². The molecule has 0 aliphatic heterocycles. The van der Waals surface area contributed by atoms with Crippen LogP contribution in [0.15, 0.2) is 18.2 Å². The van der Waals surface area contributed by atoms with Crippen LogP contribution in [-0.4, -0.2) is 24.3 Å². The fourth-order valence-corrected chi connectivity index (χ4v) is 2.51. The van der Waals surface area contributed by atoms with Crippen LogP contribution in [0.3, 0.4) is 0 Å². The van der Waals surface area contributed by atoms with Crippen molar-refractivity contribution in [1.82, 2.24) is 4.90 Å². The van der Waals surface area contributed by atoms with Gasteiger partial charge in [0.1, 0.15) is 5.84 Å². The SMILES string of the molecule is Cc1cc(C(=N)N)ccc1CN(C)CC1CCC1. The molecular weight excluding hydrogens is 222 g/mol. The first-order chi connectivity index (χ1) is 8.56. The average Bonchev–Trinajstić information content (AvgIpc) is 2.26. The van der Waals surface area contributed by atoms with Crippen LogP contribution in [-0.2, 0) is 6.54 Å². The molecule has 1 aromatic carbocycles. The van der Waals surface area contributed by atoms with E-state index in [0.717, 1.165) is 18.0 Å². The smallest absolute Gasteiger partial charge is 0.122 e. The van der Waals surface area contributed by atoms with Crippen molar-refractivity contribution in [2.75, 3.05) is 13.6 Å². The van der Waals surface area contributed by atoms with Gasteiger partial charge < -0.3 is 10.6 Å². The quantitative estimate of drug-likeness (QED) is 0.618. The van der Waals surface area contributed by atoms with Gasteiger partial charge in [0.25, 0.3) is 0 Å². The van der Waals surface area contributed by atoms with E-state index in [9.17, 15) is 0 Å². The van der Waals surface area contributed by atoms with Crippen LogP contribution >= 0.6 is 0 Å². The molecule has 0 heterocycles. The Labute approximate surface area is 109 Å². The summed E-state index contributed by atoms with van der Waals surface area (Å²) in [6.07, 6.45) is 4.20. The largest absolute Gasteiger partial charge is 0.384 e. The van der Waals surface area contributed by atoms with Crippen molar-refractivity contribution >= 4 is 5.84 Å². The Bertz CT molecular complexity index is 435. The normalized spacial score (nSPS) is 15.7. The molecule has 3 heteroatoms. The Balaban J connectivity index is 1.97. The summed E-state index contributed by atoms with van der Waals surface area (Å²) in [6, 6.07) is 6.06. The zero-order valence-electron chi connectivity index (χ0n) is 11.4. The van der Waals surface area contributed by atoms with Gasteiger partial charge in [-0.2, -0.15) is 0 Å². The molecule has 0 saturated heterocycles. The van der Waals surface area contributed by atoms with Gasteiger partial charge >= 0.3 is 0 Å². The highest BCUT2D eigenvalue weighted by atomic mass is 15.1. The third kappa shape index (κ3) is 3.10. The summed E-state index contributed by atoms with van der Waals surface area (Å²) in [5.41, 5.74) is 8.88. The summed E-state index contributed by atoms with van der Waals surface area (Å²) in [6.45, 7) is 4.29. The summed E-state index contributed by atoms with van der Waals surface area (Å²) in [4.78, 5) is 2.40. The van der Waals surface area contributed by atoms with Crippen LogP contribution in [0.4, 0.5) is 0 Å². The molecule has 3 nitrogen and oxygen atoms in total. The average molecular weight is 245 g/mol. The van der Waals surface area contributed by atoms with Crippen LogP contribution in [0, 0.1) is 18.3 Å². The number of nitrogens with zero attached hydrogens (tertiary/aromatic N) is 1. The molecule has 0 bridgehead atoms. The van der Waals surface area contributed by atoms with Crippen LogP contribution in [0.1, 0.15) is 36.0 Å². The predicted octanol–water partition coefficient (Wildman–Crippen LogP) is 2.51. The molecule has 0 spiro atoms. The molecule has 1 aliphatic rings. The first-order valence-electron chi connectivity index (χ1n) is 6.68. The fraction of sp³-hybridized carbons (Fsp3) is 0.533. The van der Waals surface area contributed by atoms with Crippen LogP contribution in [0.25, 0.3) is 0 Å². The first kappa shape index (κ1) is 13.1. The molecule has 98 valence electrons. The minimum Gasteiger partial charge on any atom is -0.384 e. The van der Waals surface area contributed by atoms with Crippen LogP contribution in [0.2, 0.25) is 0 Å². The van der Waals surface area contributed by atoms with E-state index in [0.29, 0.717) is 0 Å². The highest BCUT2D eigenvalue weighted by molar-refractivity contribution is 5.95. The van der Waals surface area contributed by atoms with Gasteiger partial charge in [-0.15, -0.1) is 0 Å². The number of nitrogens with two attached hydrogens (primary N) is 1. The van der Waals surface area contributed by atoms with Crippen molar-refractivity contribution in [1.29, 1.82) is 5.41 Å². The molecule has 18 heavy (non-hydrogen) atoms. The number of nitrogens with one attached hydrogen (secondary N) is 1. The molecule has 0 radical (unpaired) electrons. The third-order valence-electron chi connectivity index (χ3n) is 3.89. The van der Waals surface area contributed by atoms with E-state index < -0.39 is 0 Å². The van der Waals surface area contributed by atoms with Crippen molar-refractivity contribution in [2.24, 2.45) is 11.7 Å². The molecule has 0 aromatic heterocycles. The Morgan fingerprint density at radius 1 is 1.44 bits per heavy atom. The van der Waals surface area contributed by atoms with Gasteiger partial charge in [-0.1, -0.05) is 18.6 Å². The topological polar surface area (TPSA) is 53.1 Å². The van der Waals surface area contributed by atoms with Crippen LogP contribution in [0.5, 0.6) is 0 Å². The molecule has 1 fully saturated rings. The second kappa shape index (κ2) is 5.53. The number of rotatable bonds is 5. The highest BCUT2D eigenvalue weighted by Gasteiger charge is 2.19. The number of nitrogen functional groups attached to an aromatic ring is 1. The van der Waals surface area contributed by atoms with E-state index in [1.807, 2.05) is 12.1 Å². The molecule has 3 N–H and O–H groups in total. The zero-order chi connectivity index (χ0) is 13.1. The highest BCUT2D eigenvalue weighted by Crippen LogP contribution is 2.27. The van der Waals surface area contributed by atoms with Gasteiger partial charge in [0.15, 0.2) is 0 Å². The minimum absolute atomic E-state index is 0.146. The van der Waals surface area contributed by atoms with Crippen molar-refractivity contribution in [3.63, 3.8) is 0 Å². The van der Waals surface area contributed by atoms with Gasteiger partial charge in [0.2, 0.25) is 0 Å². The second-order valence-electron chi connectivity index (χ2n) is 5.55. The molecule has 0 unspecified atom stereocenters. The van der Waals surface area contributed by atoms with E-state index in [1.54, 1.807) is 0 Å². The summed E-state index contributed by atoms with van der Waals surface area (Å²) in [5.74, 6) is 1.05. The molecule has 1 aliphatic carbocycles. The Kier molecular flexibility index (Phi) is 4.02. The summed E-state index contributed by atoms with van der Waals surface area (Å²) < 4.78 is 0. The lowest BCUT2D eigenvalue weighted by Gasteiger charge is -2.30. The van der Waals surface area contributed by atoms with Gasteiger partial charge in [-0.25, -0.2) is 0 Å². The lowest BCUT2D eigenvalue weighted by Crippen LogP contribution is -2.29. The molecular formula is C15H23N3. The Hall–Kier alpha value is -1.35. The van der Waals surface area contributed by atoms with E-state index in [2.05, 4.69) is 24.9 Å². The van der Waals surface area contributed by atoms with Crippen molar-refractivity contribution in [3.8, 4) is 0 Å². The predicted molar refractivity (Wildman–Crippen MR) is 75.9 cm³/mol. The summed E-state index contributed by atoms with van der Waals surface area (Å²) >= 11 is 0. The Morgan fingerprint density at radius 2 is 2.17 bits per heavy atom. The number of aryl methyl sites for hydroxylation is 1.